The monoisotopic (exact) mass is 400 g/mol. The maximum Gasteiger partial charge on any atom is 0.271 e. The van der Waals surface area contributed by atoms with Gasteiger partial charge < -0.3 is 10.6 Å². The Labute approximate surface area is 170 Å². The van der Waals surface area contributed by atoms with Crippen LogP contribution in [0.2, 0.25) is 5.02 Å². The summed E-state index contributed by atoms with van der Waals surface area (Å²) < 4.78 is 0. The molecule has 2 N–H and O–H groups in total. The molecule has 7 heteroatoms. The summed E-state index contributed by atoms with van der Waals surface area (Å²) in [5, 5.41) is 6.84. The third kappa shape index (κ3) is 5.07. The van der Waals surface area contributed by atoms with E-state index in [0.717, 1.165) is 32.1 Å². The zero-order valence-corrected chi connectivity index (χ0v) is 16.7. The number of amides is 2. The van der Waals surface area contributed by atoms with Crippen molar-refractivity contribution in [2.75, 3.05) is 0 Å². The number of halogens is 1. The molecule has 1 saturated carbocycles. The van der Waals surface area contributed by atoms with Crippen LogP contribution in [0.15, 0.2) is 42.9 Å². The Morgan fingerprint density at radius 3 is 2.86 bits per heavy atom. The second kappa shape index (κ2) is 9.15. The molecule has 0 bridgehead atoms. The summed E-state index contributed by atoms with van der Waals surface area (Å²) in [4.78, 5) is 33.3. The zero-order chi connectivity index (χ0) is 20.0. The van der Waals surface area contributed by atoms with Crippen molar-refractivity contribution in [2.45, 2.75) is 57.0 Å². The van der Waals surface area contributed by atoms with Crippen LogP contribution in [0.4, 0.5) is 0 Å². The molecule has 1 fully saturated rings. The number of hydrogen-bond donors (Lipinski definition) is 2. The fourth-order valence-corrected chi connectivity index (χ4v) is 4.18. The minimum absolute atomic E-state index is 0.0190. The van der Waals surface area contributed by atoms with E-state index in [0.29, 0.717) is 22.7 Å². The van der Waals surface area contributed by atoms with Gasteiger partial charge in [-0.2, -0.15) is 0 Å². The summed E-state index contributed by atoms with van der Waals surface area (Å²) in [5.41, 5.74) is 0.512. The van der Waals surface area contributed by atoms with Gasteiger partial charge in [-0.3, -0.25) is 14.6 Å². The molecule has 28 heavy (non-hydrogen) atoms. The van der Waals surface area contributed by atoms with Crippen molar-refractivity contribution in [1.29, 1.82) is 0 Å². The maximum absolute atomic E-state index is 12.8. The van der Waals surface area contributed by atoms with E-state index >= 15 is 0 Å². The van der Waals surface area contributed by atoms with Gasteiger partial charge in [0.05, 0.1) is 6.20 Å². The van der Waals surface area contributed by atoms with Crippen molar-refractivity contribution < 1.29 is 9.59 Å². The van der Waals surface area contributed by atoms with Crippen LogP contribution < -0.4 is 10.6 Å². The molecule has 2 amide bonds. The predicted molar refractivity (Wildman–Crippen MR) is 108 cm³/mol. The number of benzene rings is 1. The summed E-state index contributed by atoms with van der Waals surface area (Å²) in [6, 6.07) is 6.94. The highest BCUT2D eigenvalue weighted by Crippen LogP contribution is 2.33. The van der Waals surface area contributed by atoms with Gasteiger partial charge in [0.2, 0.25) is 0 Å². The van der Waals surface area contributed by atoms with Crippen molar-refractivity contribution in [2.24, 2.45) is 0 Å². The van der Waals surface area contributed by atoms with Crippen LogP contribution in [0.25, 0.3) is 0 Å². The van der Waals surface area contributed by atoms with Crippen molar-refractivity contribution in [3.8, 4) is 0 Å². The number of aromatic nitrogens is 2. The normalized spacial score (nSPS) is 21.7. The minimum Gasteiger partial charge on any atom is -0.348 e. The van der Waals surface area contributed by atoms with Gasteiger partial charge in [-0.1, -0.05) is 31.0 Å². The third-order valence-corrected chi connectivity index (χ3v) is 5.41. The molecule has 3 rings (SSSR count). The molecule has 2 atom stereocenters. The summed E-state index contributed by atoms with van der Waals surface area (Å²) in [5.74, 6) is -0.358. The SMILES string of the molecule is CCCC1(NC(=O)c2cccc(Cl)c2)CCCC(NC(=O)c2cnccn2)C1. The molecular formula is C21H25ClN4O2. The van der Waals surface area contributed by atoms with E-state index in [4.69, 9.17) is 11.6 Å². The maximum atomic E-state index is 12.8. The molecule has 0 spiro atoms. The van der Waals surface area contributed by atoms with Gasteiger partial charge in [0, 0.05) is 34.6 Å². The van der Waals surface area contributed by atoms with Crippen LogP contribution in [0.5, 0.6) is 0 Å². The van der Waals surface area contributed by atoms with Crippen molar-refractivity contribution in [1.82, 2.24) is 20.6 Å². The van der Waals surface area contributed by atoms with Crippen molar-refractivity contribution in [3.05, 3.63) is 59.1 Å². The van der Waals surface area contributed by atoms with Crippen LogP contribution in [-0.2, 0) is 0 Å². The van der Waals surface area contributed by atoms with Gasteiger partial charge >= 0.3 is 0 Å². The number of nitrogens with one attached hydrogen (secondary N) is 2. The van der Waals surface area contributed by atoms with E-state index in [2.05, 4.69) is 27.5 Å². The smallest absolute Gasteiger partial charge is 0.271 e. The molecule has 0 aliphatic heterocycles. The first-order valence-electron chi connectivity index (χ1n) is 9.66. The molecule has 148 valence electrons. The van der Waals surface area contributed by atoms with Gasteiger partial charge in [0.1, 0.15) is 5.69 Å². The van der Waals surface area contributed by atoms with Crippen LogP contribution in [-0.4, -0.2) is 33.4 Å². The Hall–Kier alpha value is -2.47. The fourth-order valence-electron chi connectivity index (χ4n) is 3.99. The molecule has 1 aliphatic rings. The Bertz CT molecular complexity index is 826. The first kappa shape index (κ1) is 20.3. The van der Waals surface area contributed by atoms with Crippen LogP contribution in [0.3, 0.4) is 0 Å². The first-order chi connectivity index (χ1) is 13.5. The zero-order valence-electron chi connectivity index (χ0n) is 16.0. The topological polar surface area (TPSA) is 84.0 Å². The number of hydrogen-bond acceptors (Lipinski definition) is 4. The average molecular weight is 401 g/mol. The molecule has 1 aliphatic carbocycles. The summed E-state index contributed by atoms with van der Waals surface area (Å²) in [7, 11) is 0. The Kier molecular flexibility index (Phi) is 6.62. The van der Waals surface area contributed by atoms with Crippen LogP contribution in [0, 0.1) is 0 Å². The molecule has 0 saturated heterocycles. The lowest BCUT2D eigenvalue weighted by Crippen LogP contribution is -2.55. The Balaban J connectivity index is 1.71. The van der Waals surface area contributed by atoms with Gasteiger partial charge in [-0.15, -0.1) is 0 Å². The van der Waals surface area contributed by atoms with Gasteiger partial charge in [0.15, 0.2) is 0 Å². The van der Waals surface area contributed by atoms with E-state index in [1.54, 1.807) is 24.3 Å². The highest BCUT2D eigenvalue weighted by Gasteiger charge is 2.37. The van der Waals surface area contributed by atoms with E-state index in [-0.39, 0.29) is 23.4 Å². The average Bonchev–Trinajstić information content (AvgIpc) is 2.69. The largest absolute Gasteiger partial charge is 0.348 e. The summed E-state index contributed by atoms with van der Waals surface area (Å²) in [6.07, 6.45) is 9.70. The highest BCUT2D eigenvalue weighted by molar-refractivity contribution is 6.30. The van der Waals surface area contributed by atoms with Gasteiger partial charge in [-0.05, 0) is 50.3 Å². The lowest BCUT2D eigenvalue weighted by atomic mass is 9.76. The predicted octanol–water partition coefficient (Wildman–Crippen LogP) is 3.77. The minimum atomic E-state index is -0.341. The van der Waals surface area contributed by atoms with E-state index in [9.17, 15) is 9.59 Å². The molecule has 1 aromatic heterocycles. The first-order valence-corrected chi connectivity index (χ1v) is 10.0. The quantitative estimate of drug-likeness (QED) is 0.773. The number of carbonyl (C=O) groups is 2. The number of carbonyl (C=O) groups excluding carboxylic acids is 2. The van der Waals surface area contributed by atoms with Crippen molar-refractivity contribution in [3.63, 3.8) is 0 Å². The summed E-state index contributed by atoms with van der Waals surface area (Å²) in [6.45, 7) is 2.11. The van der Waals surface area contributed by atoms with E-state index in [1.165, 1.54) is 18.6 Å². The highest BCUT2D eigenvalue weighted by atomic mass is 35.5. The number of nitrogens with zero attached hydrogens (tertiary/aromatic N) is 2. The molecule has 1 heterocycles. The van der Waals surface area contributed by atoms with Gasteiger partial charge in [0.25, 0.3) is 11.8 Å². The molecule has 2 aromatic rings. The Morgan fingerprint density at radius 1 is 1.29 bits per heavy atom. The van der Waals surface area contributed by atoms with Crippen molar-refractivity contribution >= 4 is 23.4 Å². The fraction of sp³-hybridized carbons (Fsp3) is 0.429. The summed E-state index contributed by atoms with van der Waals surface area (Å²) >= 11 is 6.03. The molecule has 0 radical (unpaired) electrons. The van der Waals surface area contributed by atoms with Crippen LogP contribution >= 0.6 is 11.6 Å². The standard InChI is InChI=1S/C21H25ClN4O2/c1-2-8-21(26-19(27)15-5-3-6-16(22)12-15)9-4-7-17(13-21)25-20(28)18-14-23-10-11-24-18/h3,5-6,10-12,14,17H,2,4,7-9,13H2,1H3,(H,25,28)(H,26,27). The van der Waals surface area contributed by atoms with Crippen LogP contribution in [0.1, 0.15) is 66.3 Å². The lowest BCUT2D eigenvalue weighted by molar-refractivity contribution is 0.0817. The number of rotatable bonds is 6. The third-order valence-electron chi connectivity index (χ3n) is 5.17. The molecule has 6 nitrogen and oxygen atoms in total. The van der Waals surface area contributed by atoms with E-state index in [1.807, 2.05) is 0 Å². The molecule has 1 aromatic carbocycles. The lowest BCUT2D eigenvalue weighted by Gasteiger charge is -2.42. The molecular weight excluding hydrogens is 376 g/mol. The second-order valence-electron chi connectivity index (χ2n) is 7.35. The second-order valence-corrected chi connectivity index (χ2v) is 7.79. The van der Waals surface area contributed by atoms with E-state index < -0.39 is 0 Å². The van der Waals surface area contributed by atoms with Gasteiger partial charge in [-0.25, -0.2) is 4.98 Å². The Morgan fingerprint density at radius 2 is 2.14 bits per heavy atom. The molecule has 2 unspecified atom stereocenters.